The highest BCUT2D eigenvalue weighted by Crippen LogP contribution is 2.14. The lowest BCUT2D eigenvalue weighted by atomic mass is 10.2. The van der Waals surface area contributed by atoms with Crippen LogP contribution in [-0.4, -0.2) is 29.3 Å². The highest BCUT2D eigenvalue weighted by Gasteiger charge is 2.11. The van der Waals surface area contributed by atoms with Crippen LogP contribution in [0.25, 0.3) is 0 Å². The van der Waals surface area contributed by atoms with Gasteiger partial charge in [-0.25, -0.2) is 0 Å². The van der Waals surface area contributed by atoms with E-state index in [0.29, 0.717) is 5.02 Å². The van der Waals surface area contributed by atoms with Crippen molar-refractivity contribution in [3.8, 4) is 0 Å². The Morgan fingerprint density at radius 1 is 1.17 bits per heavy atom. The van der Waals surface area contributed by atoms with Gasteiger partial charge in [-0.05, 0) is 12.1 Å². The molecule has 96 valence electrons. The van der Waals surface area contributed by atoms with Gasteiger partial charge in [0.05, 0.1) is 23.6 Å². The standard InChI is InChI=1S/C12H12ClNO4/c13-10-4-2-1-3-9(10)12(18)14-7-8(15)5-6-11(16)17/h1-4H,5-7H2,(H,14,18)(H,16,17). The summed E-state index contributed by atoms with van der Waals surface area (Å²) in [6, 6.07) is 6.46. The van der Waals surface area contributed by atoms with Crippen molar-refractivity contribution in [3.63, 3.8) is 0 Å². The maximum absolute atomic E-state index is 11.6. The lowest BCUT2D eigenvalue weighted by Gasteiger charge is -2.05. The number of ketones is 1. The minimum absolute atomic E-state index is 0.0991. The molecule has 6 heteroatoms. The van der Waals surface area contributed by atoms with Crippen molar-refractivity contribution in [2.75, 3.05) is 6.54 Å². The third-order valence-electron chi connectivity index (χ3n) is 2.18. The van der Waals surface area contributed by atoms with Crippen LogP contribution in [0.4, 0.5) is 0 Å². The van der Waals surface area contributed by atoms with Crippen LogP contribution in [-0.2, 0) is 9.59 Å². The van der Waals surface area contributed by atoms with Crippen molar-refractivity contribution in [3.05, 3.63) is 34.9 Å². The second-order valence-electron chi connectivity index (χ2n) is 3.59. The van der Waals surface area contributed by atoms with Gasteiger partial charge in [0.2, 0.25) is 0 Å². The number of carboxylic acids is 1. The molecule has 1 rings (SSSR count). The summed E-state index contributed by atoms with van der Waals surface area (Å²) >= 11 is 5.81. The van der Waals surface area contributed by atoms with E-state index >= 15 is 0 Å². The van der Waals surface area contributed by atoms with Crippen LogP contribution in [0.3, 0.4) is 0 Å². The molecule has 0 bridgehead atoms. The van der Waals surface area contributed by atoms with Crippen LogP contribution in [0, 0.1) is 0 Å². The van der Waals surface area contributed by atoms with Crippen LogP contribution in [0.5, 0.6) is 0 Å². The van der Waals surface area contributed by atoms with E-state index in [9.17, 15) is 14.4 Å². The molecule has 1 amide bonds. The maximum atomic E-state index is 11.6. The van der Waals surface area contributed by atoms with Gasteiger partial charge in [0.15, 0.2) is 5.78 Å². The molecule has 0 aliphatic rings. The number of rotatable bonds is 6. The van der Waals surface area contributed by atoms with Gasteiger partial charge < -0.3 is 10.4 Å². The normalized spacial score (nSPS) is 9.83. The summed E-state index contributed by atoms with van der Waals surface area (Å²) in [6.07, 6.45) is -0.334. The number of aliphatic carboxylic acids is 1. The third-order valence-corrected chi connectivity index (χ3v) is 2.51. The summed E-state index contributed by atoms with van der Waals surface area (Å²) in [5, 5.41) is 11.1. The zero-order valence-electron chi connectivity index (χ0n) is 9.48. The molecule has 1 aromatic rings. The summed E-state index contributed by atoms with van der Waals surface area (Å²) in [5.74, 6) is -1.83. The van der Waals surface area contributed by atoms with Crippen molar-refractivity contribution in [2.45, 2.75) is 12.8 Å². The molecular formula is C12H12ClNO4. The number of nitrogens with one attached hydrogen (secondary N) is 1. The van der Waals surface area contributed by atoms with Crippen molar-refractivity contribution in [2.24, 2.45) is 0 Å². The van der Waals surface area contributed by atoms with Crippen molar-refractivity contribution in [1.82, 2.24) is 5.32 Å². The first-order valence-electron chi connectivity index (χ1n) is 5.27. The summed E-state index contributed by atoms with van der Waals surface area (Å²) in [6.45, 7) is -0.197. The smallest absolute Gasteiger partial charge is 0.303 e. The van der Waals surface area contributed by atoms with E-state index in [0.717, 1.165) is 0 Å². The van der Waals surface area contributed by atoms with Gasteiger partial charge in [0.1, 0.15) is 0 Å². The second-order valence-corrected chi connectivity index (χ2v) is 4.00. The van der Waals surface area contributed by atoms with Crippen molar-refractivity contribution >= 4 is 29.3 Å². The Morgan fingerprint density at radius 2 is 1.83 bits per heavy atom. The Balaban J connectivity index is 2.45. The van der Waals surface area contributed by atoms with E-state index in [1.54, 1.807) is 24.3 Å². The Hall–Kier alpha value is -1.88. The number of Topliss-reactive ketones (excluding diaryl/α,β-unsaturated/α-hetero) is 1. The van der Waals surface area contributed by atoms with Crippen LogP contribution in [0.1, 0.15) is 23.2 Å². The van der Waals surface area contributed by atoms with Crippen molar-refractivity contribution < 1.29 is 19.5 Å². The molecule has 2 N–H and O–H groups in total. The summed E-state index contributed by atoms with van der Waals surface area (Å²) in [5.41, 5.74) is 0.283. The Labute approximate surface area is 109 Å². The topological polar surface area (TPSA) is 83.5 Å². The molecule has 0 fully saturated rings. The third kappa shape index (κ3) is 4.55. The van der Waals surface area contributed by atoms with E-state index in [1.807, 2.05) is 0 Å². The minimum Gasteiger partial charge on any atom is -0.481 e. The molecular weight excluding hydrogens is 258 g/mol. The fourth-order valence-electron chi connectivity index (χ4n) is 1.25. The molecule has 5 nitrogen and oxygen atoms in total. The zero-order valence-corrected chi connectivity index (χ0v) is 10.2. The second kappa shape index (κ2) is 6.76. The highest BCUT2D eigenvalue weighted by atomic mass is 35.5. The monoisotopic (exact) mass is 269 g/mol. The van der Waals surface area contributed by atoms with Gasteiger partial charge >= 0.3 is 5.97 Å². The lowest BCUT2D eigenvalue weighted by molar-refractivity contribution is -0.138. The predicted molar refractivity (Wildman–Crippen MR) is 65.7 cm³/mol. The van der Waals surface area contributed by atoms with Gasteiger partial charge in [-0.2, -0.15) is 0 Å². The first-order chi connectivity index (χ1) is 8.50. The van der Waals surface area contributed by atoms with Crippen molar-refractivity contribution in [1.29, 1.82) is 0 Å². The van der Waals surface area contributed by atoms with E-state index in [4.69, 9.17) is 16.7 Å². The van der Waals surface area contributed by atoms with Gasteiger partial charge in [-0.3, -0.25) is 14.4 Å². The van der Waals surface area contributed by atoms with E-state index in [1.165, 1.54) is 0 Å². The number of carbonyl (C=O) groups is 3. The molecule has 0 aliphatic carbocycles. The largest absolute Gasteiger partial charge is 0.481 e. The van der Waals surface area contributed by atoms with E-state index in [2.05, 4.69) is 5.32 Å². The van der Waals surface area contributed by atoms with Gasteiger partial charge in [0, 0.05) is 6.42 Å². The average Bonchev–Trinajstić information content (AvgIpc) is 2.34. The summed E-state index contributed by atoms with van der Waals surface area (Å²) in [4.78, 5) is 33.2. The number of halogens is 1. The van der Waals surface area contributed by atoms with Gasteiger partial charge in [-0.15, -0.1) is 0 Å². The zero-order chi connectivity index (χ0) is 13.5. The molecule has 0 saturated heterocycles. The Morgan fingerprint density at radius 3 is 2.44 bits per heavy atom. The molecule has 0 unspecified atom stereocenters. The molecule has 0 atom stereocenters. The predicted octanol–water partition coefficient (Wildman–Crippen LogP) is 1.50. The van der Waals surface area contributed by atoms with Crippen LogP contribution in [0.15, 0.2) is 24.3 Å². The fourth-order valence-corrected chi connectivity index (χ4v) is 1.48. The molecule has 0 spiro atoms. The summed E-state index contributed by atoms with van der Waals surface area (Å²) < 4.78 is 0. The average molecular weight is 270 g/mol. The quantitative estimate of drug-likeness (QED) is 0.820. The SMILES string of the molecule is O=C(O)CCC(=O)CNC(=O)c1ccccc1Cl. The number of hydrogen-bond acceptors (Lipinski definition) is 3. The molecule has 0 saturated carbocycles. The van der Waals surface area contributed by atoms with Crippen LogP contribution in [0.2, 0.25) is 5.02 Å². The number of carboxylic acid groups (broad SMARTS) is 1. The molecule has 18 heavy (non-hydrogen) atoms. The van der Waals surface area contributed by atoms with Gasteiger partial charge in [0.25, 0.3) is 5.91 Å². The lowest BCUT2D eigenvalue weighted by Crippen LogP contribution is -2.29. The molecule has 1 aromatic carbocycles. The Kier molecular flexibility index (Phi) is 5.32. The molecule has 0 aliphatic heterocycles. The van der Waals surface area contributed by atoms with Crippen LogP contribution >= 0.6 is 11.6 Å². The van der Waals surface area contributed by atoms with Crippen LogP contribution < -0.4 is 5.32 Å². The maximum Gasteiger partial charge on any atom is 0.303 e. The first-order valence-corrected chi connectivity index (χ1v) is 5.64. The number of benzene rings is 1. The first kappa shape index (κ1) is 14.2. The molecule has 0 heterocycles. The van der Waals surface area contributed by atoms with E-state index in [-0.39, 0.29) is 30.7 Å². The fraction of sp³-hybridized carbons (Fsp3) is 0.250. The van der Waals surface area contributed by atoms with Gasteiger partial charge in [-0.1, -0.05) is 23.7 Å². The highest BCUT2D eigenvalue weighted by molar-refractivity contribution is 6.33. The molecule has 0 aromatic heterocycles. The number of amides is 1. The Bertz CT molecular complexity index is 473. The summed E-state index contributed by atoms with van der Waals surface area (Å²) in [7, 11) is 0. The van der Waals surface area contributed by atoms with E-state index < -0.39 is 11.9 Å². The molecule has 0 radical (unpaired) electrons. The number of carbonyl (C=O) groups excluding carboxylic acids is 2. The number of hydrogen-bond donors (Lipinski definition) is 2. The minimum atomic E-state index is -1.04.